The van der Waals surface area contributed by atoms with Crippen LogP contribution in [0.2, 0.25) is 0 Å². The summed E-state index contributed by atoms with van der Waals surface area (Å²) in [4.78, 5) is 11.0. The molecule has 1 unspecified atom stereocenters. The van der Waals surface area contributed by atoms with Crippen molar-refractivity contribution in [3.63, 3.8) is 0 Å². The van der Waals surface area contributed by atoms with E-state index in [1.54, 1.807) is 0 Å². The Balaban J connectivity index is 1.89. The summed E-state index contributed by atoms with van der Waals surface area (Å²) in [5.74, 6) is 1.68. The minimum atomic E-state index is -0.252. The zero-order chi connectivity index (χ0) is 15.7. The van der Waals surface area contributed by atoms with Crippen molar-refractivity contribution < 1.29 is 14.3 Å². The molecule has 3 nitrogen and oxygen atoms in total. The van der Waals surface area contributed by atoms with E-state index in [1.165, 1.54) is 12.5 Å². The Bertz CT molecular complexity index is 724. The van der Waals surface area contributed by atoms with Gasteiger partial charge in [-0.1, -0.05) is 47.1 Å². The molecule has 0 saturated carbocycles. The van der Waals surface area contributed by atoms with Crippen LogP contribution in [-0.2, 0) is 16.0 Å². The van der Waals surface area contributed by atoms with Crippen LogP contribution in [0.1, 0.15) is 36.5 Å². The quantitative estimate of drug-likeness (QED) is 0.628. The third kappa shape index (κ3) is 3.02. The summed E-state index contributed by atoms with van der Waals surface area (Å²) < 4.78 is 12.1. The fourth-order valence-corrected chi connectivity index (χ4v) is 3.35. The first kappa shape index (κ1) is 15.1. The molecule has 3 rings (SSSR count). The number of benzene rings is 2. The maximum absolute atomic E-state index is 11.0. The highest BCUT2D eigenvalue weighted by atomic mass is 79.9. The number of esters is 1. The van der Waals surface area contributed by atoms with Gasteiger partial charge in [-0.2, -0.15) is 0 Å². The SMILES string of the molecule is CC(=O)OCC(C)c1cc2c(cc1Br)Oc1ccccc1C2. The zero-order valence-corrected chi connectivity index (χ0v) is 14.1. The molecule has 0 bridgehead atoms. The number of ether oxygens (including phenoxy) is 2. The van der Waals surface area contributed by atoms with Gasteiger partial charge in [-0.3, -0.25) is 4.79 Å². The average molecular weight is 361 g/mol. The highest BCUT2D eigenvalue weighted by Gasteiger charge is 2.20. The summed E-state index contributed by atoms with van der Waals surface area (Å²) in [6.07, 6.45) is 0.853. The van der Waals surface area contributed by atoms with Crippen molar-refractivity contribution in [2.24, 2.45) is 0 Å². The van der Waals surface area contributed by atoms with Crippen molar-refractivity contribution in [2.75, 3.05) is 6.61 Å². The largest absolute Gasteiger partial charge is 0.465 e. The lowest BCUT2D eigenvalue weighted by molar-refractivity contribution is -0.141. The van der Waals surface area contributed by atoms with Crippen LogP contribution >= 0.6 is 15.9 Å². The lowest BCUT2D eigenvalue weighted by Crippen LogP contribution is -2.10. The van der Waals surface area contributed by atoms with Crippen molar-refractivity contribution >= 4 is 21.9 Å². The second kappa shape index (κ2) is 6.13. The highest BCUT2D eigenvalue weighted by molar-refractivity contribution is 9.10. The lowest BCUT2D eigenvalue weighted by Gasteiger charge is -2.23. The smallest absolute Gasteiger partial charge is 0.302 e. The summed E-state index contributed by atoms with van der Waals surface area (Å²) in [6, 6.07) is 12.2. The molecule has 0 N–H and O–H groups in total. The number of fused-ring (bicyclic) bond motifs is 2. The van der Waals surface area contributed by atoms with E-state index in [2.05, 4.69) is 28.1 Å². The molecule has 0 aliphatic carbocycles. The predicted molar refractivity (Wildman–Crippen MR) is 88.5 cm³/mol. The summed E-state index contributed by atoms with van der Waals surface area (Å²) in [7, 11) is 0. The highest BCUT2D eigenvalue weighted by Crippen LogP contribution is 2.40. The number of rotatable bonds is 3. The Morgan fingerprint density at radius 2 is 2.05 bits per heavy atom. The van der Waals surface area contributed by atoms with E-state index < -0.39 is 0 Å². The number of hydrogen-bond acceptors (Lipinski definition) is 3. The molecule has 1 aliphatic heterocycles. The molecule has 0 amide bonds. The van der Waals surface area contributed by atoms with Gasteiger partial charge in [0.25, 0.3) is 0 Å². The van der Waals surface area contributed by atoms with Gasteiger partial charge in [-0.15, -0.1) is 0 Å². The van der Waals surface area contributed by atoms with Crippen molar-refractivity contribution in [3.05, 3.63) is 57.6 Å². The van der Waals surface area contributed by atoms with E-state index in [0.717, 1.165) is 33.5 Å². The van der Waals surface area contributed by atoms with Crippen LogP contribution in [-0.4, -0.2) is 12.6 Å². The molecule has 1 aliphatic rings. The molecule has 0 fully saturated rings. The van der Waals surface area contributed by atoms with Crippen LogP contribution in [0.15, 0.2) is 40.9 Å². The molecule has 0 spiro atoms. The molecule has 22 heavy (non-hydrogen) atoms. The molecule has 114 valence electrons. The maximum atomic E-state index is 11.0. The van der Waals surface area contributed by atoms with Crippen molar-refractivity contribution in [3.8, 4) is 11.5 Å². The maximum Gasteiger partial charge on any atom is 0.302 e. The van der Waals surface area contributed by atoms with E-state index in [9.17, 15) is 4.79 Å². The first-order valence-electron chi connectivity index (χ1n) is 7.26. The molecular weight excluding hydrogens is 344 g/mol. The Labute approximate surface area is 138 Å². The van der Waals surface area contributed by atoms with Gasteiger partial charge in [0.2, 0.25) is 0 Å². The Morgan fingerprint density at radius 1 is 1.27 bits per heavy atom. The normalized spacial score (nSPS) is 13.6. The molecule has 4 heteroatoms. The average Bonchev–Trinajstić information content (AvgIpc) is 2.50. The Hall–Kier alpha value is -1.81. The van der Waals surface area contributed by atoms with Crippen LogP contribution in [0.25, 0.3) is 0 Å². The molecule has 2 aromatic rings. The fourth-order valence-electron chi connectivity index (χ4n) is 2.63. The summed E-state index contributed by atoms with van der Waals surface area (Å²) in [5, 5.41) is 0. The Morgan fingerprint density at radius 3 is 2.82 bits per heavy atom. The summed E-state index contributed by atoms with van der Waals surface area (Å²) in [5.41, 5.74) is 3.48. The third-order valence-corrected chi connectivity index (χ3v) is 4.51. The fraction of sp³-hybridized carbons (Fsp3) is 0.278. The number of carbonyl (C=O) groups excluding carboxylic acids is 1. The first-order chi connectivity index (χ1) is 10.5. The van der Waals surface area contributed by atoms with E-state index >= 15 is 0 Å². The van der Waals surface area contributed by atoms with E-state index in [4.69, 9.17) is 9.47 Å². The van der Waals surface area contributed by atoms with E-state index in [0.29, 0.717) is 6.61 Å². The van der Waals surface area contributed by atoms with Gasteiger partial charge in [0.1, 0.15) is 11.5 Å². The van der Waals surface area contributed by atoms with E-state index in [1.807, 2.05) is 31.2 Å². The predicted octanol–water partition coefficient (Wildman–Crippen LogP) is 4.81. The second-order valence-electron chi connectivity index (χ2n) is 5.57. The minimum absolute atomic E-state index is 0.126. The third-order valence-electron chi connectivity index (χ3n) is 3.82. The van der Waals surface area contributed by atoms with Crippen molar-refractivity contribution in [2.45, 2.75) is 26.2 Å². The van der Waals surface area contributed by atoms with Crippen molar-refractivity contribution in [1.82, 2.24) is 0 Å². The van der Waals surface area contributed by atoms with Crippen LogP contribution in [0.3, 0.4) is 0 Å². The molecule has 0 radical (unpaired) electrons. The van der Waals surface area contributed by atoms with Crippen molar-refractivity contribution in [1.29, 1.82) is 0 Å². The summed E-state index contributed by atoms with van der Waals surface area (Å²) in [6.45, 7) is 3.86. The van der Waals surface area contributed by atoms with Crippen LogP contribution in [0, 0.1) is 0 Å². The standard InChI is InChI=1S/C18H17BrO3/c1-11(10-21-12(2)20)15-8-14-7-13-5-3-4-6-17(13)22-18(14)9-16(15)19/h3-6,8-9,11H,7,10H2,1-2H3. The van der Waals surface area contributed by atoms with Crippen LogP contribution < -0.4 is 4.74 Å². The van der Waals surface area contributed by atoms with Gasteiger partial charge in [-0.25, -0.2) is 0 Å². The Kier molecular flexibility index (Phi) is 4.21. The van der Waals surface area contributed by atoms with Gasteiger partial charge in [0.05, 0.1) is 6.61 Å². The van der Waals surface area contributed by atoms with Gasteiger partial charge in [0.15, 0.2) is 0 Å². The monoisotopic (exact) mass is 360 g/mol. The van der Waals surface area contributed by atoms with Gasteiger partial charge in [-0.05, 0) is 28.8 Å². The van der Waals surface area contributed by atoms with Crippen LogP contribution in [0.5, 0.6) is 11.5 Å². The second-order valence-corrected chi connectivity index (χ2v) is 6.43. The molecule has 0 saturated heterocycles. The summed E-state index contributed by atoms with van der Waals surface area (Å²) >= 11 is 3.60. The molecule has 1 heterocycles. The number of para-hydroxylation sites is 1. The zero-order valence-electron chi connectivity index (χ0n) is 12.6. The molecule has 2 aromatic carbocycles. The first-order valence-corrected chi connectivity index (χ1v) is 8.05. The van der Waals surface area contributed by atoms with Gasteiger partial charge >= 0.3 is 5.97 Å². The molecule has 1 atom stereocenters. The van der Waals surface area contributed by atoms with Gasteiger partial charge in [0, 0.05) is 23.7 Å². The lowest BCUT2D eigenvalue weighted by atomic mass is 9.94. The minimum Gasteiger partial charge on any atom is -0.465 e. The van der Waals surface area contributed by atoms with E-state index in [-0.39, 0.29) is 11.9 Å². The molecular formula is C18H17BrO3. The molecule has 0 aromatic heterocycles. The number of halogens is 1. The number of hydrogen-bond donors (Lipinski definition) is 0. The van der Waals surface area contributed by atoms with Crippen LogP contribution in [0.4, 0.5) is 0 Å². The topological polar surface area (TPSA) is 35.5 Å². The van der Waals surface area contributed by atoms with Gasteiger partial charge < -0.3 is 9.47 Å². The number of carbonyl (C=O) groups is 1.